The molecule has 2 N–H and O–H groups in total. The largest absolute Gasteiger partial charge is 0.341 e. The second-order valence-corrected chi connectivity index (χ2v) is 7.46. The van der Waals surface area contributed by atoms with E-state index in [1.54, 1.807) is 43.3 Å². The molecule has 0 bridgehead atoms. The Labute approximate surface area is 153 Å². The quantitative estimate of drug-likeness (QED) is 0.851. The lowest BCUT2D eigenvalue weighted by molar-refractivity contribution is -0.117. The van der Waals surface area contributed by atoms with Crippen molar-refractivity contribution in [1.29, 1.82) is 0 Å². The third-order valence-electron chi connectivity index (χ3n) is 3.87. The lowest BCUT2D eigenvalue weighted by atomic mass is 9.86. The maximum Gasteiger partial charge on any atom is 0.251 e. The van der Waals surface area contributed by atoms with E-state index in [2.05, 4.69) is 31.4 Å². The van der Waals surface area contributed by atoms with Gasteiger partial charge in [0.1, 0.15) is 6.04 Å². The van der Waals surface area contributed by atoms with Crippen molar-refractivity contribution in [2.24, 2.45) is 0 Å². The number of rotatable bonds is 4. The van der Waals surface area contributed by atoms with Gasteiger partial charge in [-0.15, -0.1) is 0 Å². The number of hydrogen-bond donors (Lipinski definition) is 2. The van der Waals surface area contributed by atoms with Crippen LogP contribution in [0.15, 0.2) is 48.5 Å². The summed E-state index contributed by atoms with van der Waals surface area (Å²) >= 11 is 5.82. The summed E-state index contributed by atoms with van der Waals surface area (Å²) in [6.07, 6.45) is 0. The first-order valence-corrected chi connectivity index (χ1v) is 8.52. The molecule has 1 atom stereocenters. The van der Waals surface area contributed by atoms with Crippen molar-refractivity contribution in [3.05, 3.63) is 64.7 Å². The third kappa shape index (κ3) is 5.33. The molecule has 0 radical (unpaired) electrons. The van der Waals surface area contributed by atoms with Gasteiger partial charge in [-0.3, -0.25) is 9.59 Å². The van der Waals surface area contributed by atoms with Gasteiger partial charge in [-0.25, -0.2) is 0 Å². The van der Waals surface area contributed by atoms with Crippen LogP contribution >= 0.6 is 11.6 Å². The zero-order chi connectivity index (χ0) is 18.6. The third-order valence-corrected chi connectivity index (χ3v) is 4.12. The van der Waals surface area contributed by atoms with Crippen molar-refractivity contribution in [2.45, 2.75) is 39.2 Å². The number of amides is 2. The van der Waals surface area contributed by atoms with E-state index in [4.69, 9.17) is 11.6 Å². The van der Waals surface area contributed by atoms with Crippen LogP contribution in [0, 0.1) is 0 Å². The molecule has 25 heavy (non-hydrogen) atoms. The fraction of sp³-hybridized carbons (Fsp3) is 0.300. The zero-order valence-electron chi connectivity index (χ0n) is 14.9. The topological polar surface area (TPSA) is 58.2 Å². The molecule has 0 aliphatic carbocycles. The van der Waals surface area contributed by atoms with Gasteiger partial charge in [-0.2, -0.15) is 0 Å². The van der Waals surface area contributed by atoms with Gasteiger partial charge in [0.05, 0.1) is 0 Å². The fourth-order valence-electron chi connectivity index (χ4n) is 2.25. The first-order valence-electron chi connectivity index (χ1n) is 8.14. The Morgan fingerprint density at radius 1 is 0.960 bits per heavy atom. The van der Waals surface area contributed by atoms with E-state index in [1.165, 1.54) is 0 Å². The average molecular weight is 359 g/mol. The van der Waals surface area contributed by atoms with E-state index in [0.717, 1.165) is 5.56 Å². The molecule has 0 spiro atoms. The van der Waals surface area contributed by atoms with Gasteiger partial charge in [0.15, 0.2) is 0 Å². The van der Waals surface area contributed by atoms with Gasteiger partial charge >= 0.3 is 0 Å². The van der Waals surface area contributed by atoms with Crippen LogP contribution in [0.5, 0.6) is 0 Å². The molecule has 0 aromatic heterocycles. The first kappa shape index (κ1) is 19.0. The molecule has 2 amide bonds. The number of carbonyl (C=O) groups is 2. The SMILES string of the molecule is C[C@H](NC(=O)c1ccc(C(C)(C)C)cc1)C(=O)Nc1ccc(Cl)cc1. The highest BCUT2D eigenvalue weighted by molar-refractivity contribution is 6.30. The monoisotopic (exact) mass is 358 g/mol. The Hall–Kier alpha value is -2.33. The van der Waals surface area contributed by atoms with E-state index < -0.39 is 6.04 Å². The van der Waals surface area contributed by atoms with E-state index in [1.807, 2.05) is 12.1 Å². The summed E-state index contributed by atoms with van der Waals surface area (Å²) in [6.45, 7) is 7.99. The van der Waals surface area contributed by atoms with Crippen LogP contribution in [0.25, 0.3) is 0 Å². The number of carbonyl (C=O) groups excluding carboxylic acids is 2. The van der Waals surface area contributed by atoms with E-state index in [-0.39, 0.29) is 17.2 Å². The van der Waals surface area contributed by atoms with Crippen molar-refractivity contribution < 1.29 is 9.59 Å². The molecule has 5 heteroatoms. The molecular formula is C20H23ClN2O2. The minimum Gasteiger partial charge on any atom is -0.341 e. The number of halogens is 1. The molecule has 0 heterocycles. The Morgan fingerprint density at radius 2 is 1.52 bits per heavy atom. The number of hydrogen-bond acceptors (Lipinski definition) is 2. The van der Waals surface area contributed by atoms with Crippen LogP contribution in [-0.4, -0.2) is 17.9 Å². The molecule has 0 saturated carbocycles. The molecule has 0 aliphatic heterocycles. The van der Waals surface area contributed by atoms with Crippen molar-refractivity contribution in [1.82, 2.24) is 5.32 Å². The number of anilines is 1. The van der Waals surface area contributed by atoms with Crippen LogP contribution in [0.4, 0.5) is 5.69 Å². The van der Waals surface area contributed by atoms with Crippen LogP contribution in [0.1, 0.15) is 43.6 Å². The van der Waals surface area contributed by atoms with Gasteiger partial charge in [0, 0.05) is 16.3 Å². The lowest BCUT2D eigenvalue weighted by Crippen LogP contribution is -2.41. The first-order chi connectivity index (χ1) is 11.7. The summed E-state index contributed by atoms with van der Waals surface area (Å²) in [6, 6.07) is 13.6. The molecule has 4 nitrogen and oxygen atoms in total. The number of benzene rings is 2. The van der Waals surface area contributed by atoms with Crippen molar-refractivity contribution in [3.8, 4) is 0 Å². The van der Waals surface area contributed by atoms with E-state index >= 15 is 0 Å². The summed E-state index contributed by atoms with van der Waals surface area (Å²) in [7, 11) is 0. The fourth-order valence-corrected chi connectivity index (χ4v) is 2.38. The maximum atomic E-state index is 12.3. The van der Waals surface area contributed by atoms with Gasteiger partial charge < -0.3 is 10.6 Å². The summed E-state index contributed by atoms with van der Waals surface area (Å²) in [5.74, 6) is -0.568. The molecule has 2 rings (SSSR count). The molecular weight excluding hydrogens is 336 g/mol. The molecule has 0 saturated heterocycles. The predicted molar refractivity (Wildman–Crippen MR) is 102 cm³/mol. The highest BCUT2D eigenvalue weighted by atomic mass is 35.5. The van der Waals surface area contributed by atoms with E-state index in [9.17, 15) is 9.59 Å². The van der Waals surface area contributed by atoms with Gasteiger partial charge in [-0.1, -0.05) is 44.5 Å². The van der Waals surface area contributed by atoms with Crippen LogP contribution in [0.2, 0.25) is 5.02 Å². The Morgan fingerprint density at radius 3 is 2.04 bits per heavy atom. The minimum absolute atomic E-state index is 0.0285. The number of nitrogens with one attached hydrogen (secondary N) is 2. The van der Waals surface area contributed by atoms with Gasteiger partial charge in [-0.05, 0) is 54.3 Å². The van der Waals surface area contributed by atoms with Crippen molar-refractivity contribution >= 4 is 29.1 Å². The van der Waals surface area contributed by atoms with Crippen LogP contribution < -0.4 is 10.6 Å². The van der Waals surface area contributed by atoms with Crippen LogP contribution in [0.3, 0.4) is 0 Å². The van der Waals surface area contributed by atoms with Crippen molar-refractivity contribution in [3.63, 3.8) is 0 Å². The smallest absolute Gasteiger partial charge is 0.251 e. The highest BCUT2D eigenvalue weighted by Crippen LogP contribution is 2.22. The molecule has 2 aromatic carbocycles. The second-order valence-electron chi connectivity index (χ2n) is 7.02. The highest BCUT2D eigenvalue weighted by Gasteiger charge is 2.18. The average Bonchev–Trinajstić information content (AvgIpc) is 2.56. The molecule has 132 valence electrons. The maximum absolute atomic E-state index is 12.3. The van der Waals surface area contributed by atoms with Gasteiger partial charge in [0.25, 0.3) is 5.91 Å². The minimum atomic E-state index is -0.662. The van der Waals surface area contributed by atoms with Crippen LogP contribution in [-0.2, 0) is 10.2 Å². The lowest BCUT2D eigenvalue weighted by Gasteiger charge is -2.19. The molecule has 2 aromatic rings. The zero-order valence-corrected chi connectivity index (χ0v) is 15.6. The van der Waals surface area contributed by atoms with Crippen molar-refractivity contribution in [2.75, 3.05) is 5.32 Å². The van der Waals surface area contributed by atoms with E-state index in [0.29, 0.717) is 16.3 Å². The molecule has 0 aliphatic rings. The predicted octanol–water partition coefficient (Wildman–Crippen LogP) is 4.39. The normalized spacial score (nSPS) is 12.4. The Bertz CT molecular complexity index is 747. The second kappa shape index (κ2) is 7.70. The van der Waals surface area contributed by atoms with Gasteiger partial charge in [0.2, 0.25) is 5.91 Å². The summed E-state index contributed by atoms with van der Waals surface area (Å²) < 4.78 is 0. The Kier molecular flexibility index (Phi) is 5.85. The molecule has 0 unspecified atom stereocenters. The summed E-state index contributed by atoms with van der Waals surface area (Å²) in [5, 5.41) is 6.05. The molecule has 0 fully saturated rings. The summed E-state index contributed by atoms with van der Waals surface area (Å²) in [5.41, 5.74) is 2.34. The Balaban J connectivity index is 1.97. The standard InChI is InChI=1S/C20H23ClN2O2/c1-13(18(24)23-17-11-9-16(21)10-12-17)22-19(25)14-5-7-15(8-6-14)20(2,3)4/h5-13H,1-4H3,(H,22,25)(H,23,24)/t13-/m0/s1. The summed E-state index contributed by atoms with van der Waals surface area (Å²) in [4.78, 5) is 24.5.